The van der Waals surface area contributed by atoms with Crippen LogP contribution in [0.15, 0.2) is 48.5 Å². The Morgan fingerprint density at radius 2 is 1.68 bits per heavy atom. The van der Waals surface area contributed by atoms with Crippen molar-refractivity contribution in [3.63, 3.8) is 0 Å². The number of piperidine rings is 1. The SMILES string of the molecule is COc1cccc(OC)c1C(=O)NC1C(=O)N2C1SC1(CCN(C)CC1)C2C(=O)OCc1ccccc1. The van der Waals surface area contributed by atoms with E-state index in [2.05, 4.69) is 17.3 Å². The number of fused-ring (bicyclic) bond motifs is 1. The maximum absolute atomic E-state index is 13.5. The van der Waals surface area contributed by atoms with Crippen LogP contribution in [0.3, 0.4) is 0 Å². The Bertz CT molecular complexity index is 1160. The summed E-state index contributed by atoms with van der Waals surface area (Å²) in [4.78, 5) is 44.0. The fraction of sp³-hybridized carbons (Fsp3) is 0.444. The predicted molar refractivity (Wildman–Crippen MR) is 139 cm³/mol. The molecule has 3 aliphatic heterocycles. The maximum Gasteiger partial charge on any atom is 0.330 e. The van der Waals surface area contributed by atoms with Gasteiger partial charge in [-0.05, 0) is 50.7 Å². The molecule has 3 fully saturated rings. The van der Waals surface area contributed by atoms with Crippen LogP contribution >= 0.6 is 11.8 Å². The predicted octanol–water partition coefficient (Wildman–Crippen LogP) is 2.29. The topological polar surface area (TPSA) is 97.4 Å². The average Bonchev–Trinajstić information content (AvgIpc) is 3.22. The number of β-lactam (4-membered cyclic amide) rings is 1. The van der Waals surface area contributed by atoms with Crippen LogP contribution in [-0.4, -0.2) is 84.1 Å². The molecular weight excluding hydrogens is 494 g/mol. The minimum Gasteiger partial charge on any atom is -0.496 e. The molecule has 196 valence electrons. The lowest BCUT2D eigenvalue weighted by Crippen LogP contribution is -2.71. The summed E-state index contributed by atoms with van der Waals surface area (Å²) in [7, 11) is 5.01. The summed E-state index contributed by atoms with van der Waals surface area (Å²) >= 11 is 1.61. The Kier molecular flexibility index (Phi) is 7.04. The molecule has 3 heterocycles. The molecule has 1 N–H and O–H groups in total. The molecule has 3 saturated heterocycles. The van der Waals surface area contributed by atoms with Crippen LogP contribution in [-0.2, 0) is 20.9 Å². The molecule has 0 radical (unpaired) electrons. The molecule has 0 bridgehead atoms. The van der Waals surface area contributed by atoms with Crippen molar-refractivity contribution >= 4 is 29.5 Å². The Labute approximate surface area is 220 Å². The van der Waals surface area contributed by atoms with E-state index in [1.165, 1.54) is 14.2 Å². The second-order valence-electron chi connectivity index (χ2n) is 9.61. The van der Waals surface area contributed by atoms with Crippen molar-refractivity contribution in [2.45, 2.75) is 41.7 Å². The zero-order valence-corrected chi connectivity index (χ0v) is 22.0. The highest BCUT2D eigenvalue weighted by molar-refractivity contribution is 8.01. The van der Waals surface area contributed by atoms with Crippen molar-refractivity contribution in [1.82, 2.24) is 15.1 Å². The van der Waals surface area contributed by atoms with Gasteiger partial charge in [-0.2, -0.15) is 0 Å². The van der Waals surface area contributed by atoms with Gasteiger partial charge in [0.2, 0.25) is 5.91 Å². The number of likely N-dealkylation sites (tertiary alicyclic amines) is 1. The number of carbonyl (C=O) groups is 3. The lowest BCUT2D eigenvalue weighted by Gasteiger charge is -2.44. The second-order valence-corrected chi connectivity index (χ2v) is 11.1. The van der Waals surface area contributed by atoms with E-state index in [0.717, 1.165) is 31.5 Å². The van der Waals surface area contributed by atoms with E-state index in [0.29, 0.717) is 11.5 Å². The molecule has 3 aliphatic rings. The van der Waals surface area contributed by atoms with E-state index in [4.69, 9.17) is 14.2 Å². The van der Waals surface area contributed by atoms with Gasteiger partial charge >= 0.3 is 5.97 Å². The first-order chi connectivity index (χ1) is 17.9. The highest BCUT2D eigenvalue weighted by atomic mass is 32.2. The summed E-state index contributed by atoms with van der Waals surface area (Å²) in [6, 6.07) is 13.1. The van der Waals surface area contributed by atoms with Gasteiger partial charge in [-0.1, -0.05) is 36.4 Å². The molecule has 0 saturated carbocycles. The molecule has 2 aromatic carbocycles. The molecule has 2 amide bonds. The van der Waals surface area contributed by atoms with Crippen molar-refractivity contribution in [2.75, 3.05) is 34.4 Å². The molecule has 37 heavy (non-hydrogen) atoms. The van der Waals surface area contributed by atoms with E-state index in [1.807, 2.05) is 30.3 Å². The number of methoxy groups -OCH3 is 2. The van der Waals surface area contributed by atoms with E-state index in [9.17, 15) is 14.4 Å². The fourth-order valence-corrected chi connectivity index (χ4v) is 7.29. The monoisotopic (exact) mass is 525 g/mol. The van der Waals surface area contributed by atoms with Gasteiger partial charge in [-0.15, -0.1) is 11.8 Å². The summed E-state index contributed by atoms with van der Waals surface area (Å²) in [6.45, 7) is 1.79. The van der Waals surface area contributed by atoms with E-state index >= 15 is 0 Å². The van der Waals surface area contributed by atoms with Gasteiger partial charge in [-0.3, -0.25) is 9.59 Å². The summed E-state index contributed by atoms with van der Waals surface area (Å²) < 4.78 is 16.0. The number of benzene rings is 2. The lowest BCUT2D eigenvalue weighted by molar-refractivity contribution is -0.165. The fourth-order valence-electron chi connectivity index (χ4n) is 5.39. The van der Waals surface area contributed by atoms with Gasteiger partial charge in [0.25, 0.3) is 5.91 Å². The number of esters is 1. The third-order valence-corrected chi connectivity index (χ3v) is 9.28. The number of ether oxygens (including phenoxy) is 3. The first-order valence-corrected chi connectivity index (χ1v) is 13.2. The van der Waals surface area contributed by atoms with Crippen LogP contribution in [0.25, 0.3) is 0 Å². The van der Waals surface area contributed by atoms with Crippen LogP contribution in [0.2, 0.25) is 0 Å². The molecule has 5 rings (SSSR count). The Hall–Kier alpha value is -3.24. The largest absolute Gasteiger partial charge is 0.496 e. The highest BCUT2D eigenvalue weighted by Crippen LogP contribution is 2.55. The first-order valence-electron chi connectivity index (χ1n) is 12.3. The van der Waals surface area contributed by atoms with Crippen LogP contribution < -0.4 is 14.8 Å². The number of rotatable bonds is 7. The van der Waals surface area contributed by atoms with E-state index < -0.39 is 28.7 Å². The summed E-state index contributed by atoms with van der Waals surface area (Å²) in [5.74, 6) is -0.423. The summed E-state index contributed by atoms with van der Waals surface area (Å²) in [6.07, 6.45) is 1.50. The third-order valence-electron chi connectivity index (χ3n) is 7.43. The van der Waals surface area contributed by atoms with Gasteiger partial charge in [0.05, 0.1) is 19.0 Å². The third kappa shape index (κ3) is 4.53. The van der Waals surface area contributed by atoms with Gasteiger partial charge in [0.1, 0.15) is 41.1 Å². The summed E-state index contributed by atoms with van der Waals surface area (Å²) in [5.41, 5.74) is 1.12. The Balaban J connectivity index is 1.36. The van der Waals surface area contributed by atoms with Crippen molar-refractivity contribution in [3.8, 4) is 11.5 Å². The van der Waals surface area contributed by atoms with E-state index in [-0.39, 0.29) is 23.5 Å². The number of carbonyl (C=O) groups excluding carboxylic acids is 3. The van der Waals surface area contributed by atoms with Crippen molar-refractivity contribution in [3.05, 3.63) is 59.7 Å². The molecule has 2 aromatic rings. The van der Waals surface area contributed by atoms with Crippen molar-refractivity contribution in [1.29, 1.82) is 0 Å². The number of nitrogens with one attached hydrogen (secondary N) is 1. The Morgan fingerprint density at radius 1 is 1.03 bits per heavy atom. The first kappa shape index (κ1) is 25.4. The van der Waals surface area contributed by atoms with Gasteiger partial charge in [-0.25, -0.2) is 4.79 Å². The number of hydrogen-bond acceptors (Lipinski definition) is 8. The average molecular weight is 526 g/mol. The second kappa shape index (κ2) is 10.3. The minimum absolute atomic E-state index is 0.150. The zero-order valence-electron chi connectivity index (χ0n) is 21.1. The van der Waals surface area contributed by atoms with E-state index in [1.54, 1.807) is 34.9 Å². The molecule has 3 atom stereocenters. The number of thioether (sulfide) groups is 1. The van der Waals surface area contributed by atoms with Crippen LogP contribution in [0.4, 0.5) is 0 Å². The van der Waals surface area contributed by atoms with Crippen molar-refractivity contribution < 1.29 is 28.6 Å². The normalized spacial score (nSPS) is 24.2. The van der Waals surface area contributed by atoms with Gasteiger partial charge in [0, 0.05) is 0 Å². The molecule has 0 aliphatic carbocycles. The van der Waals surface area contributed by atoms with Gasteiger partial charge < -0.3 is 29.3 Å². The standard InChI is InChI=1S/C27H31N3O6S/c1-29-14-12-27(13-15-29)22(26(33)36-16-17-8-5-4-6-9-17)30-24(32)21(25(30)37-27)28-23(31)20-18(34-2)10-7-11-19(20)35-3/h4-11,21-22,25H,12-16H2,1-3H3,(H,28,31). The lowest BCUT2D eigenvalue weighted by atomic mass is 9.85. The Morgan fingerprint density at radius 3 is 2.30 bits per heavy atom. The molecule has 1 spiro atoms. The van der Waals surface area contributed by atoms with Crippen LogP contribution in [0.1, 0.15) is 28.8 Å². The number of amides is 2. The number of hydrogen-bond donors (Lipinski definition) is 1. The van der Waals surface area contributed by atoms with Gasteiger partial charge in [0.15, 0.2) is 0 Å². The smallest absolute Gasteiger partial charge is 0.330 e. The van der Waals surface area contributed by atoms with Crippen molar-refractivity contribution in [2.24, 2.45) is 0 Å². The highest BCUT2D eigenvalue weighted by Gasteiger charge is 2.67. The zero-order chi connectivity index (χ0) is 26.2. The molecule has 3 unspecified atom stereocenters. The molecular formula is C27H31N3O6S. The summed E-state index contributed by atoms with van der Waals surface area (Å²) in [5, 5.41) is 2.53. The molecule has 10 heteroatoms. The minimum atomic E-state index is -0.754. The number of nitrogens with zero attached hydrogens (tertiary/aromatic N) is 2. The van der Waals surface area contributed by atoms with Crippen LogP contribution in [0, 0.1) is 0 Å². The quantitative estimate of drug-likeness (QED) is 0.435. The molecule has 0 aromatic heterocycles. The molecule has 9 nitrogen and oxygen atoms in total. The van der Waals surface area contributed by atoms with Crippen LogP contribution in [0.5, 0.6) is 11.5 Å². The maximum atomic E-state index is 13.5.